The SMILES string of the molecule is COc1cc(SCc2ccc(F)cc2)cnc1OC. The van der Waals surface area contributed by atoms with E-state index < -0.39 is 0 Å². The van der Waals surface area contributed by atoms with Crippen molar-refractivity contribution in [1.29, 1.82) is 0 Å². The Morgan fingerprint density at radius 3 is 2.53 bits per heavy atom. The molecule has 1 aromatic carbocycles. The van der Waals surface area contributed by atoms with Crippen molar-refractivity contribution in [3.63, 3.8) is 0 Å². The van der Waals surface area contributed by atoms with Gasteiger partial charge < -0.3 is 9.47 Å². The lowest BCUT2D eigenvalue weighted by Crippen LogP contribution is -1.93. The van der Waals surface area contributed by atoms with Gasteiger partial charge in [-0.15, -0.1) is 11.8 Å². The van der Waals surface area contributed by atoms with Crippen molar-refractivity contribution in [1.82, 2.24) is 4.98 Å². The molecule has 0 fully saturated rings. The van der Waals surface area contributed by atoms with E-state index >= 15 is 0 Å². The van der Waals surface area contributed by atoms with Crippen LogP contribution in [-0.4, -0.2) is 19.2 Å². The smallest absolute Gasteiger partial charge is 0.256 e. The fourth-order valence-corrected chi connectivity index (χ4v) is 2.38. The maximum atomic E-state index is 12.8. The van der Waals surface area contributed by atoms with Crippen molar-refractivity contribution in [3.05, 3.63) is 47.9 Å². The van der Waals surface area contributed by atoms with Gasteiger partial charge in [-0.25, -0.2) is 9.37 Å². The van der Waals surface area contributed by atoms with E-state index in [9.17, 15) is 4.39 Å². The third-order valence-electron chi connectivity index (χ3n) is 2.53. The number of aromatic nitrogens is 1. The highest BCUT2D eigenvalue weighted by atomic mass is 32.2. The van der Waals surface area contributed by atoms with E-state index in [1.807, 2.05) is 6.07 Å². The third kappa shape index (κ3) is 3.61. The van der Waals surface area contributed by atoms with Crippen LogP contribution < -0.4 is 9.47 Å². The third-order valence-corrected chi connectivity index (χ3v) is 3.56. The second-order valence-corrected chi connectivity index (χ2v) is 4.85. The monoisotopic (exact) mass is 279 g/mol. The Balaban J connectivity index is 2.05. The largest absolute Gasteiger partial charge is 0.491 e. The van der Waals surface area contributed by atoms with Crippen LogP contribution in [0.1, 0.15) is 5.56 Å². The maximum absolute atomic E-state index is 12.8. The summed E-state index contributed by atoms with van der Waals surface area (Å²) in [6.07, 6.45) is 1.73. The molecule has 0 N–H and O–H groups in total. The standard InChI is InChI=1S/C14H14FNO2S/c1-17-13-7-12(8-16-14(13)18-2)19-9-10-3-5-11(15)6-4-10/h3-8H,9H2,1-2H3. The number of methoxy groups -OCH3 is 2. The molecule has 5 heteroatoms. The summed E-state index contributed by atoms with van der Waals surface area (Å²) in [5, 5.41) is 0. The van der Waals surface area contributed by atoms with Crippen LogP contribution in [0.25, 0.3) is 0 Å². The minimum Gasteiger partial charge on any atom is -0.491 e. The summed E-state index contributed by atoms with van der Waals surface area (Å²) in [7, 11) is 3.13. The second kappa shape index (κ2) is 6.43. The number of halogens is 1. The number of benzene rings is 1. The quantitative estimate of drug-likeness (QED) is 0.784. The van der Waals surface area contributed by atoms with E-state index in [-0.39, 0.29) is 5.82 Å². The minimum atomic E-state index is -0.221. The highest BCUT2D eigenvalue weighted by Gasteiger charge is 2.06. The first-order valence-corrected chi connectivity index (χ1v) is 6.66. The molecule has 100 valence electrons. The summed E-state index contributed by atoms with van der Waals surface area (Å²) >= 11 is 1.61. The molecule has 0 bridgehead atoms. The fraction of sp³-hybridized carbons (Fsp3) is 0.214. The van der Waals surface area contributed by atoms with Crippen LogP contribution in [0.2, 0.25) is 0 Å². The molecule has 19 heavy (non-hydrogen) atoms. The zero-order valence-corrected chi connectivity index (χ0v) is 11.5. The number of thioether (sulfide) groups is 1. The average Bonchev–Trinajstić information content (AvgIpc) is 2.46. The Bertz CT molecular complexity index is 546. The average molecular weight is 279 g/mol. The number of rotatable bonds is 5. The molecular weight excluding hydrogens is 265 g/mol. The number of hydrogen-bond donors (Lipinski definition) is 0. The summed E-state index contributed by atoms with van der Waals surface area (Å²) in [6, 6.07) is 8.35. The fourth-order valence-electron chi connectivity index (χ4n) is 1.54. The van der Waals surface area contributed by atoms with E-state index in [0.29, 0.717) is 11.6 Å². The van der Waals surface area contributed by atoms with Crippen molar-refractivity contribution >= 4 is 11.8 Å². The predicted molar refractivity (Wildman–Crippen MR) is 73.3 cm³/mol. The molecule has 0 aliphatic rings. The van der Waals surface area contributed by atoms with Gasteiger partial charge in [-0.1, -0.05) is 12.1 Å². The minimum absolute atomic E-state index is 0.221. The van der Waals surface area contributed by atoms with Gasteiger partial charge in [-0.05, 0) is 17.7 Å². The number of ether oxygens (including phenoxy) is 2. The Kier molecular flexibility index (Phi) is 4.63. The predicted octanol–water partition coefficient (Wildman–Crippen LogP) is 3.53. The van der Waals surface area contributed by atoms with Crippen LogP contribution in [0.15, 0.2) is 41.4 Å². The van der Waals surface area contributed by atoms with Crippen molar-refractivity contribution in [3.8, 4) is 11.6 Å². The van der Waals surface area contributed by atoms with Crippen LogP contribution >= 0.6 is 11.8 Å². The lowest BCUT2D eigenvalue weighted by Gasteiger charge is -2.08. The van der Waals surface area contributed by atoms with E-state index in [1.54, 1.807) is 44.3 Å². The van der Waals surface area contributed by atoms with E-state index in [1.165, 1.54) is 12.1 Å². The molecule has 0 amide bonds. The molecule has 0 radical (unpaired) electrons. The molecular formula is C14H14FNO2S. The van der Waals surface area contributed by atoms with Crippen LogP contribution in [0.3, 0.4) is 0 Å². The molecule has 0 aliphatic carbocycles. The number of nitrogens with zero attached hydrogens (tertiary/aromatic N) is 1. The van der Waals surface area contributed by atoms with Gasteiger partial charge in [0.1, 0.15) is 5.82 Å². The first-order chi connectivity index (χ1) is 9.22. The van der Waals surface area contributed by atoms with E-state index in [2.05, 4.69) is 4.98 Å². The summed E-state index contributed by atoms with van der Waals surface area (Å²) in [5.41, 5.74) is 1.06. The highest BCUT2D eigenvalue weighted by molar-refractivity contribution is 7.98. The van der Waals surface area contributed by atoms with Gasteiger partial charge in [0.05, 0.1) is 14.2 Å². The summed E-state index contributed by atoms with van der Waals surface area (Å²) in [6.45, 7) is 0. The van der Waals surface area contributed by atoms with Gasteiger partial charge in [-0.2, -0.15) is 0 Å². The zero-order chi connectivity index (χ0) is 13.7. The number of hydrogen-bond acceptors (Lipinski definition) is 4. The Hall–Kier alpha value is -1.75. The van der Waals surface area contributed by atoms with E-state index in [4.69, 9.17) is 9.47 Å². The maximum Gasteiger partial charge on any atom is 0.256 e. The van der Waals surface area contributed by atoms with Crippen molar-refractivity contribution < 1.29 is 13.9 Å². The molecule has 0 aliphatic heterocycles. The molecule has 0 spiro atoms. The second-order valence-electron chi connectivity index (χ2n) is 3.80. The molecule has 2 rings (SSSR count). The molecule has 0 unspecified atom stereocenters. The topological polar surface area (TPSA) is 31.4 Å². The van der Waals surface area contributed by atoms with Gasteiger partial charge in [0.15, 0.2) is 5.75 Å². The molecule has 0 atom stereocenters. The van der Waals surface area contributed by atoms with Gasteiger partial charge in [0.25, 0.3) is 5.88 Å². The molecule has 3 nitrogen and oxygen atoms in total. The number of pyridine rings is 1. The van der Waals surface area contributed by atoms with Gasteiger partial charge in [0.2, 0.25) is 0 Å². The van der Waals surface area contributed by atoms with Gasteiger partial charge in [-0.3, -0.25) is 0 Å². The Morgan fingerprint density at radius 2 is 1.89 bits per heavy atom. The normalized spacial score (nSPS) is 10.3. The van der Waals surface area contributed by atoms with Crippen LogP contribution in [0.4, 0.5) is 4.39 Å². The molecule has 0 saturated heterocycles. The first kappa shape index (κ1) is 13.7. The summed E-state index contributed by atoms with van der Waals surface area (Å²) < 4.78 is 23.1. The first-order valence-electron chi connectivity index (χ1n) is 5.68. The van der Waals surface area contributed by atoms with Crippen LogP contribution in [-0.2, 0) is 5.75 Å². The lowest BCUT2D eigenvalue weighted by molar-refractivity contribution is 0.341. The molecule has 2 aromatic rings. The van der Waals surface area contributed by atoms with Gasteiger partial charge >= 0.3 is 0 Å². The summed E-state index contributed by atoms with van der Waals surface area (Å²) in [4.78, 5) is 5.14. The molecule has 0 saturated carbocycles. The zero-order valence-electron chi connectivity index (χ0n) is 10.7. The van der Waals surface area contributed by atoms with Crippen molar-refractivity contribution in [2.45, 2.75) is 10.6 Å². The lowest BCUT2D eigenvalue weighted by atomic mass is 10.2. The Labute approximate surface area is 115 Å². The molecule has 1 aromatic heterocycles. The highest BCUT2D eigenvalue weighted by Crippen LogP contribution is 2.30. The van der Waals surface area contributed by atoms with Crippen molar-refractivity contribution in [2.24, 2.45) is 0 Å². The van der Waals surface area contributed by atoms with Crippen molar-refractivity contribution in [2.75, 3.05) is 14.2 Å². The molecule has 1 heterocycles. The van der Waals surface area contributed by atoms with E-state index in [0.717, 1.165) is 16.2 Å². The summed E-state index contributed by atoms with van der Waals surface area (Å²) in [5.74, 6) is 1.60. The van der Waals surface area contributed by atoms with Crippen LogP contribution in [0, 0.1) is 5.82 Å². The van der Waals surface area contributed by atoms with Crippen LogP contribution in [0.5, 0.6) is 11.6 Å². The van der Waals surface area contributed by atoms with Gasteiger partial charge in [0, 0.05) is 22.9 Å². The Morgan fingerprint density at radius 1 is 1.16 bits per heavy atom.